The van der Waals surface area contributed by atoms with Crippen LogP contribution >= 0.6 is 11.6 Å². The molecular weight excluding hydrogens is 461 g/mol. The van der Waals surface area contributed by atoms with Gasteiger partial charge >= 0.3 is 12.1 Å². The highest BCUT2D eigenvalue weighted by Gasteiger charge is 2.30. The number of carboxylic acids is 1. The summed E-state index contributed by atoms with van der Waals surface area (Å²) in [6.45, 7) is 0. The molecule has 1 aromatic heterocycles. The Balaban J connectivity index is 1.93. The van der Waals surface area contributed by atoms with Crippen LogP contribution in [0.3, 0.4) is 0 Å². The molecule has 172 valence electrons. The summed E-state index contributed by atoms with van der Waals surface area (Å²) in [6.07, 6.45) is -4.91. The first kappa shape index (κ1) is 24.1. The van der Waals surface area contributed by atoms with Gasteiger partial charge in [-0.3, -0.25) is 9.59 Å². The van der Waals surface area contributed by atoms with Crippen LogP contribution < -0.4 is 10.1 Å². The number of carbonyl (C=O) groups is 2. The van der Waals surface area contributed by atoms with Crippen molar-refractivity contribution in [1.29, 1.82) is 0 Å². The molecule has 0 spiro atoms. The molecule has 0 unspecified atom stereocenters. The van der Waals surface area contributed by atoms with Gasteiger partial charge in [-0.1, -0.05) is 41.9 Å². The summed E-state index contributed by atoms with van der Waals surface area (Å²) in [6, 6.07) is 12.7. The maximum absolute atomic E-state index is 12.9. The number of nitrogens with one attached hydrogen (secondary N) is 1. The Morgan fingerprint density at radius 1 is 1.09 bits per heavy atom. The monoisotopic (exact) mass is 478 g/mol. The molecule has 0 saturated heterocycles. The van der Waals surface area contributed by atoms with Gasteiger partial charge < -0.3 is 15.2 Å². The molecule has 1 atom stereocenters. The van der Waals surface area contributed by atoms with Gasteiger partial charge in [0.05, 0.1) is 25.1 Å². The second-order valence-corrected chi connectivity index (χ2v) is 7.38. The molecule has 6 nitrogen and oxygen atoms in total. The zero-order valence-corrected chi connectivity index (χ0v) is 17.9. The Morgan fingerprint density at radius 2 is 1.76 bits per heavy atom. The smallest absolute Gasteiger partial charge is 0.416 e. The van der Waals surface area contributed by atoms with E-state index >= 15 is 0 Å². The minimum absolute atomic E-state index is 0.0758. The minimum Gasteiger partial charge on any atom is -0.494 e. The molecule has 0 aliphatic rings. The van der Waals surface area contributed by atoms with Crippen molar-refractivity contribution in [2.24, 2.45) is 0 Å². The summed E-state index contributed by atoms with van der Waals surface area (Å²) in [5.41, 5.74) is -0.0102. The van der Waals surface area contributed by atoms with E-state index in [1.807, 2.05) is 0 Å². The third-order valence-electron chi connectivity index (χ3n) is 4.76. The van der Waals surface area contributed by atoms with E-state index in [4.69, 9.17) is 16.3 Å². The summed E-state index contributed by atoms with van der Waals surface area (Å²) in [7, 11) is 1.37. The second-order valence-electron chi connectivity index (χ2n) is 6.97. The lowest BCUT2D eigenvalue weighted by Gasteiger charge is -2.19. The summed E-state index contributed by atoms with van der Waals surface area (Å²) in [5.74, 6) is -1.58. The Morgan fingerprint density at radius 3 is 2.33 bits per heavy atom. The number of carbonyl (C=O) groups excluding carboxylic acids is 1. The molecule has 0 saturated carbocycles. The van der Waals surface area contributed by atoms with E-state index in [2.05, 4.69) is 10.3 Å². The number of aromatic nitrogens is 1. The average Bonchev–Trinajstić information content (AvgIpc) is 2.77. The number of ether oxygens (including phenoxy) is 1. The van der Waals surface area contributed by atoms with Crippen molar-refractivity contribution >= 4 is 23.5 Å². The van der Waals surface area contributed by atoms with Gasteiger partial charge in [-0.2, -0.15) is 13.2 Å². The van der Waals surface area contributed by atoms with E-state index in [1.54, 1.807) is 24.3 Å². The van der Waals surface area contributed by atoms with E-state index in [0.29, 0.717) is 11.1 Å². The molecular formula is C23H18ClF3N2O4. The number of rotatable bonds is 7. The number of pyridine rings is 1. The molecule has 3 aromatic rings. The molecule has 0 fully saturated rings. The van der Waals surface area contributed by atoms with Crippen LogP contribution in [-0.2, 0) is 11.0 Å². The van der Waals surface area contributed by atoms with E-state index < -0.39 is 36.1 Å². The largest absolute Gasteiger partial charge is 0.494 e. The van der Waals surface area contributed by atoms with Gasteiger partial charge in [-0.25, -0.2) is 4.98 Å². The van der Waals surface area contributed by atoms with E-state index in [-0.39, 0.29) is 22.2 Å². The van der Waals surface area contributed by atoms with Crippen LogP contribution in [0.5, 0.6) is 5.75 Å². The lowest BCUT2D eigenvalue weighted by Crippen LogP contribution is -2.31. The standard InChI is InChI=1S/C23H18ClF3N2O4/c1-33-19-11-10-17(28-21(19)13-6-8-14(9-7-13)23(25,26)27)22(32)29-18(12-20(30)31)15-4-2-3-5-16(15)24/h2-11,18H,12H2,1H3,(H,29,32)(H,30,31)/t18-/m0/s1. The van der Waals surface area contributed by atoms with Crippen molar-refractivity contribution in [2.45, 2.75) is 18.6 Å². The van der Waals surface area contributed by atoms with E-state index in [9.17, 15) is 27.9 Å². The van der Waals surface area contributed by atoms with Crippen LogP contribution in [-0.4, -0.2) is 29.1 Å². The van der Waals surface area contributed by atoms with Crippen molar-refractivity contribution in [3.63, 3.8) is 0 Å². The quantitative estimate of drug-likeness (QED) is 0.476. The van der Waals surface area contributed by atoms with Crippen molar-refractivity contribution < 1.29 is 32.6 Å². The molecule has 2 N–H and O–H groups in total. The topological polar surface area (TPSA) is 88.5 Å². The summed E-state index contributed by atoms with van der Waals surface area (Å²) >= 11 is 6.17. The number of benzene rings is 2. The van der Waals surface area contributed by atoms with Crippen molar-refractivity contribution in [2.75, 3.05) is 7.11 Å². The maximum Gasteiger partial charge on any atom is 0.416 e. The van der Waals surface area contributed by atoms with Gasteiger partial charge in [0.1, 0.15) is 17.1 Å². The maximum atomic E-state index is 12.9. The van der Waals surface area contributed by atoms with E-state index in [1.165, 1.54) is 31.4 Å². The van der Waals surface area contributed by atoms with Crippen LogP contribution in [0.1, 0.15) is 34.1 Å². The molecule has 3 rings (SSSR count). The Labute approximate surface area is 192 Å². The summed E-state index contributed by atoms with van der Waals surface area (Å²) in [5, 5.41) is 12.2. The van der Waals surface area contributed by atoms with Gasteiger partial charge in [0.15, 0.2) is 0 Å². The zero-order valence-electron chi connectivity index (χ0n) is 17.2. The third-order valence-corrected chi connectivity index (χ3v) is 5.11. The summed E-state index contributed by atoms with van der Waals surface area (Å²) < 4.78 is 43.9. The predicted molar refractivity (Wildman–Crippen MR) is 115 cm³/mol. The molecule has 0 aliphatic heterocycles. The van der Waals surface area contributed by atoms with Gasteiger partial charge in [0.2, 0.25) is 0 Å². The normalized spacial score (nSPS) is 12.2. The molecule has 33 heavy (non-hydrogen) atoms. The van der Waals surface area contributed by atoms with E-state index in [0.717, 1.165) is 12.1 Å². The molecule has 0 aliphatic carbocycles. The number of alkyl halides is 3. The Hall–Kier alpha value is -3.59. The molecule has 1 heterocycles. The lowest BCUT2D eigenvalue weighted by atomic mass is 10.0. The first-order valence-corrected chi connectivity index (χ1v) is 9.97. The highest BCUT2D eigenvalue weighted by molar-refractivity contribution is 6.31. The number of nitrogens with zero attached hydrogens (tertiary/aromatic N) is 1. The zero-order chi connectivity index (χ0) is 24.2. The van der Waals surface area contributed by atoms with Crippen molar-refractivity contribution in [3.8, 4) is 17.0 Å². The van der Waals surface area contributed by atoms with Crippen LogP contribution in [0, 0.1) is 0 Å². The Kier molecular flexibility index (Phi) is 7.23. The SMILES string of the molecule is COc1ccc(C(=O)N[C@@H](CC(=O)O)c2ccccc2Cl)nc1-c1ccc(C(F)(F)F)cc1. The van der Waals surface area contributed by atoms with Gasteiger partial charge in [0.25, 0.3) is 5.91 Å². The van der Waals surface area contributed by atoms with Gasteiger partial charge in [-0.15, -0.1) is 0 Å². The fourth-order valence-corrected chi connectivity index (χ4v) is 3.43. The number of hydrogen-bond acceptors (Lipinski definition) is 4. The summed E-state index contributed by atoms with van der Waals surface area (Å²) in [4.78, 5) is 28.5. The fraction of sp³-hybridized carbons (Fsp3) is 0.174. The lowest BCUT2D eigenvalue weighted by molar-refractivity contribution is -0.138. The highest BCUT2D eigenvalue weighted by atomic mass is 35.5. The average molecular weight is 479 g/mol. The first-order valence-electron chi connectivity index (χ1n) is 9.60. The molecule has 1 amide bonds. The van der Waals surface area contributed by atoms with Crippen molar-refractivity contribution in [1.82, 2.24) is 10.3 Å². The second kappa shape index (κ2) is 9.91. The molecule has 0 bridgehead atoms. The van der Waals surface area contributed by atoms with Gasteiger partial charge in [0, 0.05) is 10.6 Å². The number of amides is 1. The van der Waals surface area contributed by atoms with Crippen molar-refractivity contribution in [3.05, 3.63) is 82.5 Å². The number of carboxylic acid groups (broad SMARTS) is 1. The van der Waals surface area contributed by atoms with Gasteiger partial charge in [-0.05, 0) is 35.9 Å². The predicted octanol–water partition coefficient (Wildman–Crippen LogP) is 5.38. The first-order chi connectivity index (χ1) is 15.6. The molecule has 2 aromatic carbocycles. The number of halogens is 4. The molecule has 0 radical (unpaired) electrons. The number of aliphatic carboxylic acids is 1. The number of methoxy groups -OCH3 is 1. The van der Waals surface area contributed by atoms with Crippen LogP contribution in [0.25, 0.3) is 11.3 Å². The third kappa shape index (κ3) is 5.81. The number of hydrogen-bond donors (Lipinski definition) is 2. The minimum atomic E-state index is -4.49. The Bertz CT molecular complexity index is 1170. The van der Waals surface area contributed by atoms with Crippen LogP contribution in [0.15, 0.2) is 60.7 Å². The van der Waals surface area contributed by atoms with Crippen LogP contribution in [0.4, 0.5) is 13.2 Å². The highest BCUT2D eigenvalue weighted by Crippen LogP contribution is 2.33. The molecule has 10 heteroatoms. The fourth-order valence-electron chi connectivity index (χ4n) is 3.16. The van der Waals surface area contributed by atoms with Crippen LogP contribution in [0.2, 0.25) is 5.02 Å².